The highest BCUT2D eigenvalue weighted by atomic mass is 31.2. The Hall–Kier alpha value is -3.44. The van der Waals surface area contributed by atoms with Crippen LogP contribution in [0.2, 0.25) is 0 Å². The van der Waals surface area contributed by atoms with E-state index in [1.54, 1.807) is 0 Å². The highest BCUT2D eigenvalue weighted by Gasteiger charge is 2.51. The van der Waals surface area contributed by atoms with E-state index in [-0.39, 0.29) is 34.1 Å². The average molecular weight is 676 g/mol. The normalized spacial score (nSPS) is 30.7. The van der Waals surface area contributed by atoms with E-state index < -0.39 is 83.9 Å². The van der Waals surface area contributed by atoms with E-state index in [9.17, 15) is 34.1 Å². The third kappa shape index (κ3) is 5.96. The summed E-state index contributed by atoms with van der Waals surface area (Å²) in [4.78, 5) is 53.9. The fourth-order valence-electron chi connectivity index (χ4n) is 5.00. The molecular formula is C20H26N10O13P2. The van der Waals surface area contributed by atoms with Gasteiger partial charge in [-0.3, -0.25) is 32.5 Å². The van der Waals surface area contributed by atoms with Crippen molar-refractivity contribution in [2.75, 3.05) is 24.7 Å². The fraction of sp³-hybridized carbons (Fsp3) is 0.500. The Labute approximate surface area is 249 Å². The van der Waals surface area contributed by atoms with Crippen LogP contribution < -0.4 is 17.0 Å². The first-order valence-corrected chi connectivity index (χ1v) is 15.6. The molecule has 10 N–H and O–H groups in total. The monoisotopic (exact) mass is 676 g/mol. The molecule has 2 saturated heterocycles. The summed E-state index contributed by atoms with van der Waals surface area (Å²) in [6, 6.07) is 0. The first kappa shape index (κ1) is 31.5. The van der Waals surface area contributed by atoms with E-state index in [0.29, 0.717) is 0 Å². The lowest BCUT2D eigenvalue weighted by Gasteiger charge is -2.24. The summed E-state index contributed by atoms with van der Waals surface area (Å²) in [5.41, 5.74) is 10.9. The summed E-state index contributed by atoms with van der Waals surface area (Å²) in [5, 5.41) is 32.3. The SMILES string of the molecule is Nc1nc2c(ncn2[C@@H]2O[C@H](COP(=O)(O)OC3C(O)[C@H](n4cnc5c(N)ncnc54)O[C@@H]3CO[PH](=O)O)C(O)C2O)c(=O)[nH]1. The number of aromatic amines is 1. The van der Waals surface area contributed by atoms with Crippen LogP contribution >= 0.6 is 16.1 Å². The zero-order valence-electron chi connectivity index (χ0n) is 22.5. The van der Waals surface area contributed by atoms with Crippen molar-refractivity contribution in [3.63, 3.8) is 0 Å². The van der Waals surface area contributed by atoms with E-state index >= 15 is 0 Å². The number of hydrogen-bond acceptors (Lipinski definition) is 18. The van der Waals surface area contributed by atoms with Gasteiger partial charge in [-0.1, -0.05) is 0 Å². The van der Waals surface area contributed by atoms with Crippen LogP contribution in [0.1, 0.15) is 12.5 Å². The molecule has 10 atom stereocenters. The summed E-state index contributed by atoms with van der Waals surface area (Å²) in [6.07, 6.45) is -8.70. The maximum absolute atomic E-state index is 13.0. The van der Waals surface area contributed by atoms with Crippen molar-refractivity contribution in [3.05, 3.63) is 29.3 Å². The van der Waals surface area contributed by atoms with Crippen molar-refractivity contribution < 1.29 is 57.3 Å². The quantitative estimate of drug-likeness (QED) is 0.0771. The molecule has 4 aromatic heterocycles. The minimum absolute atomic E-state index is 0.0324. The molecule has 6 heterocycles. The molecule has 45 heavy (non-hydrogen) atoms. The molecule has 6 rings (SSSR count). The summed E-state index contributed by atoms with van der Waals surface area (Å²) in [7, 11) is -8.60. The van der Waals surface area contributed by atoms with Gasteiger partial charge in [0.1, 0.15) is 48.5 Å². The van der Waals surface area contributed by atoms with Crippen LogP contribution in [0.5, 0.6) is 0 Å². The average Bonchev–Trinajstić information content (AvgIpc) is 3.73. The number of rotatable bonds is 10. The highest BCUT2D eigenvalue weighted by molar-refractivity contribution is 7.47. The molecule has 2 fully saturated rings. The lowest BCUT2D eigenvalue weighted by atomic mass is 10.1. The molecule has 244 valence electrons. The lowest BCUT2D eigenvalue weighted by Crippen LogP contribution is -2.36. The van der Waals surface area contributed by atoms with E-state index in [0.717, 1.165) is 17.2 Å². The van der Waals surface area contributed by atoms with Gasteiger partial charge in [-0.05, 0) is 0 Å². The molecule has 0 bridgehead atoms. The van der Waals surface area contributed by atoms with Crippen molar-refractivity contribution >= 4 is 50.2 Å². The summed E-state index contributed by atoms with van der Waals surface area (Å²) < 4.78 is 53.0. The van der Waals surface area contributed by atoms with Gasteiger partial charge < -0.3 is 50.6 Å². The molecule has 23 nitrogen and oxygen atoms in total. The number of nitrogens with zero attached hydrogens (tertiary/aromatic N) is 7. The van der Waals surface area contributed by atoms with Crippen LogP contribution in [0.3, 0.4) is 0 Å². The lowest BCUT2D eigenvalue weighted by molar-refractivity contribution is -0.0573. The second kappa shape index (κ2) is 12.1. The second-order valence-electron chi connectivity index (χ2n) is 9.87. The molecule has 0 amide bonds. The Morgan fingerprint density at radius 2 is 1.62 bits per heavy atom. The van der Waals surface area contributed by atoms with Crippen LogP contribution in [0, 0.1) is 0 Å². The van der Waals surface area contributed by atoms with E-state index in [1.165, 1.54) is 10.9 Å². The number of hydrogen-bond donors (Lipinski definition) is 8. The van der Waals surface area contributed by atoms with E-state index in [2.05, 4.69) is 29.9 Å². The Kier molecular flexibility index (Phi) is 8.45. The fourth-order valence-corrected chi connectivity index (χ4v) is 6.27. The number of nitrogen functional groups attached to an aromatic ring is 2. The largest absolute Gasteiger partial charge is 0.472 e. The number of nitrogens with one attached hydrogen (secondary N) is 1. The van der Waals surface area contributed by atoms with E-state index in [4.69, 9.17) is 39.4 Å². The van der Waals surface area contributed by atoms with Crippen molar-refractivity contribution in [2.45, 2.75) is 49.1 Å². The van der Waals surface area contributed by atoms with Crippen molar-refractivity contribution in [3.8, 4) is 0 Å². The molecule has 25 heteroatoms. The number of ether oxygens (including phenoxy) is 2. The number of aromatic nitrogens is 8. The van der Waals surface area contributed by atoms with Crippen molar-refractivity contribution in [1.82, 2.24) is 39.0 Å². The molecule has 0 spiro atoms. The molecule has 0 aromatic carbocycles. The number of phosphoric acid groups is 1. The number of nitrogens with two attached hydrogens (primary N) is 2. The Balaban J connectivity index is 1.17. The van der Waals surface area contributed by atoms with Crippen LogP contribution in [-0.2, 0) is 32.2 Å². The van der Waals surface area contributed by atoms with Gasteiger partial charge in [0.15, 0.2) is 35.1 Å². The Morgan fingerprint density at radius 1 is 0.956 bits per heavy atom. The summed E-state index contributed by atoms with van der Waals surface area (Å²) >= 11 is 0. The van der Waals surface area contributed by atoms with Crippen molar-refractivity contribution in [2.24, 2.45) is 0 Å². The molecule has 0 saturated carbocycles. The third-order valence-corrected chi connectivity index (χ3v) is 8.46. The maximum atomic E-state index is 13.0. The molecule has 4 aromatic rings. The first-order valence-electron chi connectivity index (χ1n) is 12.9. The molecule has 6 unspecified atom stereocenters. The molecule has 0 aliphatic carbocycles. The number of H-pyrrole nitrogens is 1. The third-order valence-electron chi connectivity index (χ3n) is 7.06. The van der Waals surface area contributed by atoms with Gasteiger partial charge in [0.25, 0.3) is 5.56 Å². The molecular weight excluding hydrogens is 650 g/mol. The topological polar surface area (TPSA) is 341 Å². The Morgan fingerprint density at radius 3 is 2.36 bits per heavy atom. The van der Waals surface area contributed by atoms with Crippen molar-refractivity contribution in [1.29, 1.82) is 0 Å². The van der Waals surface area contributed by atoms with Gasteiger partial charge in [0.05, 0.1) is 25.9 Å². The number of aliphatic hydroxyl groups excluding tert-OH is 3. The molecule has 2 aliphatic heterocycles. The number of fused-ring (bicyclic) bond motifs is 2. The van der Waals surface area contributed by atoms with Crippen LogP contribution in [0.25, 0.3) is 22.3 Å². The van der Waals surface area contributed by atoms with Crippen LogP contribution in [-0.4, -0.2) is 114 Å². The summed E-state index contributed by atoms with van der Waals surface area (Å²) in [5.74, 6) is -0.209. The maximum Gasteiger partial charge on any atom is 0.472 e. The van der Waals surface area contributed by atoms with Crippen LogP contribution in [0.15, 0.2) is 23.8 Å². The minimum Gasteiger partial charge on any atom is -0.387 e. The van der Waals surface area contributed by atoms with E-state index in [1.807, 2.05) is 0 Å². The molecule has 0 radical (unpaired) electrons. The molecule has 2 aliphatic rings. The minimum atomic E-state index is -5.12. The number of phosphoric ester groups is 1. The number of aliphatic hydroxyl groups is 3. The van der Waals surface area contributed by atoms with Gasteiger partial charge in [-0.2, -0.15) is 4.98 Å². The highest BCUT2D eigenvalue weighted by Crippen LogP contribution is 2.49. The van der Waals surface area contributed by atoms with Gasteiger partial charge in [-0.15, -0.1) is 0 Å². The zero-order chi connectivity index (χ0) is 32.2. The van der Waals surface area contributed by atoms with Gasteiger partial charge in [0, 0.05) is 0 Å². The zero-order valence-corrected chi connectivity index (χ0v) is 24.4. The predicted molar refractivity (Wildman–Crippen MR) is 146 cm³/mol. The number of anilines is 2. The standard InChI is InChI=1S/C20H26N10O13P2/c21-14-8-15(24-3-23-14)29(4-25-8)19-12(33)13(7(42-19)1-39-44(35)36)43-45(37,38)40-2-6-10(31)11(32)18(41-6)30-5-26-9-16(30)27-20(22)28-17(9)34/h3-7,10-13,18-19,31-33,44H,1-2H2,(H,35,36)(H,37,38)(H2,21,23,24)(H3,22,27,28,34)/t6-,7-,10?,11?,12?,13?,18-,19-/m1/s1. The van der Waals surface area contributed by atoms with Crippen LogP contribution in [0.4, 0.5) is 11.8 Å². The summed E-state index contributed by atoms with van der Waals surface area (Å²) in [6.45, 7) is -1.46. The predicted octanol–water partition coefficient (Wildman–Crippen LogP) is -3.10. The van der Waals surface area contributed by atoms with Gasteiger partial charge in [0.2, 0.25) is 5.95 Å². The first-order chi connectivity index (χ1) is 21.3. The number of imidazole rings is 2. The smallest absolute Gasteiger partial charge is 0.387 e. The second-order valence-corrected chi connectivity index (χ2v) is 12.1. The van der Waals surface area contributed by atoms with Gasteiger partial charge >= 0.3 is 16.1 Å². The Bertz CT molecular complexity index is 1850. The van der Waals surface area contributed by atoms with Gasteiger partial charge in [-0.25, -0.2) is 24.5 Å².